The number of nitrogens with one attached hydrogen (secondary N) is 1. The molecule has 4 nitrogen and oxygen atoms in total. The van der Waals surface area contributed by atoms with Gasteiger partial charge in [0.05, 0.1) is 16.6 Å². The van der Waals surface area contributed by atoms with Crippen molar-refractivity contribution in [2.45, 2.75) is 0 Å². The number of amides is 1. The summed E-state index contributed by atoms with van der Waals surface area (Å²) in [5.41, 5.74) is 1.34. The van der Waals surface area contributed by atoms with Crippen molar-refractivity contribution in [3.63, 3.8) is 0 Å². The Morgan fingerprint density at radius 1 is 1.00 bits per heavy atom. The van der Waals surface area contributed by atoms with Gasteiger partial charge in [0.2, 0.25) is 0 Å². The molecule has 0 fully saturated rings. The maximum atomic E-state index is 13.5. The molecule has 1 amide bonds. The first kappa shape index (κ1) is 13.1. The molecule has 0 atom stereocenters. The van der Waals surface area contributed by atoms with Gasteiger partial charge in [-0.25, -0.2) is 8.78 Å². The van der Waals surface area contributed by atoms with Crippen LogP contribution in [-0.2, 0) is 0 Å². The molecule has 0 saturated carbocycles. The number of anilines is 1. The molecule has 3 aromatic rings. The number of carbonyl (C=O) groups excluding carboxylic acids is 1. The molecule has 1 N–H and O–H groups in total. The van der Waals surface area contributed by atoms with Crippen LogP contribution in [0.1, 0.15) is 10.4 Å². The second-order valence-corrected chi connectivity index (χ2v) is 4.32. The van der Waals surface area contributed by atoms with Gasteiger partial charge in [0, 0.05) is 18.1 Å². The average Bonchev–Trinajstić information content (AvgIpc) is 2.50. The van der Waals surface area contributed by atoms with Gasteiger partial charge in [-0.05, 0) is 30.3 Å². The Hall–Kier alpha value is -2.89. The highest BCUT2D eigenvalue weighted by atomic mass is 19.2. The average molecular weight is 285 g/mol. The van der Waals surface area contributed by atoms with Crippen LogP contribution in [-0.4, -0.2) is 15.9 Å². The van der Waals surface area contributed by atoms with E-state index < -0.39 is 17.5 Å². The maximum Gasteiger partial charge on any atom is 0.258 e. The molecule has 0 aliphatic carbocycles. The summed E-state index contributed by atoms with van der Waals surface area (Å²) in [5.74, 6) is -2.96. The van der Waals surface area contributed by atoms with Gasteiger partial charge in [0.1, 0.15) is 0 Å². The lowest BCUT2D eigenvalue weighted by Gasteiger charge is -2.07. The van der Waals surface area contributed by atoms with Crippen molar-refractivity contribution in [2.24, 2.45) is 0 Å². The number of fused-ring (bicyclic) bond motifs is 1. The van der Waals surface area contributed by atoms with Crippen molar-refractivity contribution < 1.29 is 13.6 Å². The van der Waals surface area contributed by atoms with Crippen LogP contribution in [0.2, 0.25) is 0 Å². The van der Waals surface area contributed by atoms with Crippen molar-refractivity contribution in [3.8, 4) is 0 Å². The minimum Gasteiger partial charge on any atom is -0.322 e. The molecule has 1 aromatic heterocycles. The highest BCUT2D eigenvalue weighted by Gasteiger charge is 2.15. The van der Waals surface area contributed by atoms with E-state index in [0.29, 0.717) is 16.7 Å². The van der Waals surface area contributed by atoms with Crippen LogP contribution in [0, 0.1) is 11.6 Å². The first-order valence-corrected chi connectivity index (χ1v) is 6.11. The standard InChI is InChI=1S/C15H9F2N3O/c16-11-3-1-2-10(14(11)17)15(21)20-9-4-5-12-13(8-9)19-7-6-18-12/h1-8H,(H,20,21). The number of hydrogen-bond donors (Lipinski definition) is 1. The van der Waals surface area contributed by atoms with Gasteiger partial charge >= 0.3 is 0 Å². The molecule has 3 rings (SSSR count). The van der Waals surface area contributed by atoms with Crippen molar-refractivity contribution in [1.82, 2.24) is 9.97 Å². The number of rotatable bonds is 2. The van der Waals surface area contributed by atoms with Crippen LogP contribution in [0.5, 0.6) is 0 Å². The lowest BCUT2D eigenvalue weighted by molar-refractivity contribution is 0.102. The van der Waals surface area contributed by atoms with Crippen LogP contribution >= 0.6 is 0 Å². The van der Waals surface area contributed by atoms with Crippen LogP contribution < -0.4 is 5.32 Å². The van der Waals surface area contributed by atoms with Gasteiger partial charge < -0.3 is 5.32 Å². The fourth-order valence-electron chi connectivity index (χ4n) is 1.92. The Kier molecular flexibility index (Phi) is 3.27. The van der Waals surface area contributed by atoms with E-state index in [1.54, 1.807) is 24.4 Å². The van der Waals surface area contributed by atoms with Crippen LogP contribution in [0.4, 0.5) is 14.5 Å². The van der Waals surface area contributed by atoms with E-state index in [4.69, 9.17) is 0 Å². The number of aromatic nitrogens is 2. The molecule has 1 heterocycles. The lowest BCUT2D eigenvalue weighted by Crippen LogP contribution is -2.14. The minimum atomic E-state index is -1.17. The Morgan fingerprint density at radius 2 is 1.76 bits per heavy atom. The van der Waals surface area contributed by atoms with E-state index in [9.17, 15) is 13.6 Å². The molecule has 6 heteroatoms. The molecule has 0 unspecified atom stereocenters. The van der Waals surface area contributed by atoms with Crippen molar-refractivity contribution in [2.75, 3.05) is 5.32 Å². The van der Waals surface area contributed by atoms with E-state index in [-0.39, 0.29) is 5.56 Å². The number of benzene rings is 2. The molecular weight excluding hydrogens is 276 g/mol. The van der Waals surface area contributed by atoms with Crippen molar-refractivity contribution >= 4 is 22.6 Å². The fourth-order valence-corrected chi connectivity index (χ4v) is 1.92. The summed E-state index contributed by atoms with van der Waals surface area (Å²) in [6.45, 7) is 0. The second kappa shape index (κ2) is 5.24. The summed E-state index contributed by atoms with van der Waals surface area (Å²) in [6, 6.07) is 8.36. The van der Waals surface area contributed by atoms with Crippen molar-refractivity contribution in [1.29, 1.82) is 0 Å². The van der Waals surface area contributed by atoms with Gasteiger partial charge in [-0.1, -0.05) is 6.07 Å². The molecule has 0 spiro atoms. The second-order valence-electron chi connectivity index (χ2n) is 4.32. The van der Waals surface area contributed by atoms with E-state index in [0.717, 1.165) is 6.07 Å². The lowest BCUT2D eigenvalue weighted by atomic mass is 10.2. The zero-order chi connectivity index (χ0) is 14.8. The molecule has 0 bridgehead atoms. The third-order valence-corrected chi connectivity index (χ3v) is 2.92. The zero-order valence-corrected chi connectivity index (χ0v) is 10.7. The Morgan fingerprint density at radius 3 is 2.57 bits per heavy atom. The fraction of sp³-hybridized carbons (Fsp3) is 0. The molecule has 0 saturated heterocycles. The van der Waals surface area contributed by atoms with Gasteiger partial charge in [-0.2, -0.15) is 0 Å². The first-order valence-electron chi connectivity index (χ1n) is 6.11. The highest BCUT2D eigenvalue weighted by Crippen LogP contribution is 2.17. The molecule has 0 aliphatic heterocycles. The Labute approximate surface area is 118 Å². The zero-order valence-electron chi connectivity index (χ0n) is 10.7. The monoisotopic (exact) mass is 285 g/mol. The van der Waals surface area contributed by atoms with Gasteiger partial charge in [-0.3, -0.25) is 14.8 Å². The topological polar surface area (TPSA) is 54.9 Å². The summed E-state index contributed by atoms with van der Waals surface area (Å²) < 4.78 is 26.7. The smallest absolute Gasteiger partial charge is 0.258 e. The van der Waals surface area contributed by atoms with Gasteiger partial charge in [0.25, 0.3) is 5.91 Å². The number of carbonyl (C=O) groups is 1. The molecule has 21 heavy (non-hydrogen) atoms. The molecule has 104 valence electrons. The van der Waals surface area contributed by atoms with E-state index >= 15 is 0 Å². The van der Waals surface area contributed by atoms with Crippen LogP contribution in [0.15, 0.2) is 48.8 Å². The predicted molar refractivity (Wildman–Crippen MR) is 73.8 cm³/mol. The Balaban J connectivity index is 1.91. The van der Waals surface area contributed by atoms with Gasteiger partial charge in [-0.15, -0.1) is 0 Å². The van der Waals surface area contributed by atoms with E-state index in [1.807, 2.05) is 0 Å². The Bertz CT molecular complexity index is 836. The van der Waals surface area contributed by atoms with Gasteiger partial charge in [0.15, 0.2) is 11.6 Å². The predicted octanol–water partition coefficient (Wildman–Crippen LogP) is 3.16. The summed E-state index contributed by atoms with van der Waals surface area (Å²) in [6.07, 6.45) is 3.09. The SMILES string of the molecule is O=C(Nc1ccc2nccnc2c1)c1cccc(F)c1F. The highest BCUT2D eigenvalue weighted by molar-refractivity contribution is 6.05. The first-order chi connectivity index (χ1) is 10.1. The van der Waals surface area contributed by atoms with Crippen molar-refractivity contribution in [3.05, 3.63) is 66.0 Å². The van der Waals surface area contributed by atoms with Crippen LogP contribution in [0.3, 0.4) is 0 Å². The van der Waals surface area contributed by atoms with E-state index in [2.05, 4.69) is 15.3 Å². The summed E-state index contributed by atoms with van der Waals surface area (Å²) in [4.78, 5) is 20.2. The number of hydrogen-bond acceptors (Lipinski definition) is 3. The minimum absolute atomic E-state index is 0.353. The number of halogens is 2. The summed E-state index contributed by atoms with van der Waals surface area (Å²) >= 11 is 0. The quantitative estimate of drug-likeness (QED) is 0.787. The molecule has 0 radical (unpaired) electrons. The summed E-state index contributed by atoms with van der Waals surface area (Å²) in [5, 5.41) is 2.51. The number of nitrogens with zero attached hydrogens (tertiary/aromatic N) is 2. The third kappa shape index (κ3) is 2.55. The molecule has 0 aliphatic rings. The largest absolute Gasteiger partial charge is 0.322 e. The van der Waals surface area contributed by atoms with E-state index in [1.165, 1.54) is 18.3 Å². The molecular formula is C15H9F2N3O. The summed E-state index contributed by atoms with van der Waals surface area (Å²) in [7, 11) is 0. The normalized spacial score (nSPS) is 10.6. The molecule has 2 aromatic carbocycles. The third-order valence-electron chi connectivity index (χ3n) is 2.92. The maximum absolute atomic E-state index is 13.5. The van der Waals surface area contributed by atoms with Crippen LogP contribution in [0.25, 0.3) is 11.0 Å².